The second-order valence-corrected chi connectivity index (χ2v) is 5.51. The van der Waals surface area contributed by atoms with Crippen LogP contribution in [0.15, 0.2) is 30.4 Å². The average molecular weight is 295 g/mol. The van der Waals surface area contributed by atoms with Crippen molar-refractivity contribution < 1.29 is 18.3 Å². The summed E-state index contributed by atoms with van der Waals surface area (Å²) in [5, 5.41) is 2.89. The molecule has 21 heavy (non-hydrogen) atoms. The number of carbonyl (C=O) groups excluding carboxylic acids is 1. The zero-order valence-corrected chi connectivity index (χ0v) is 12.1. The molecule has 0 spiro atoms. The van der Waals surface area contributed by atoms with Crippen molar-refractivity contribution in [2.75, 3.05) is 0 Å². The van der Waals surface area contributed by atoms with E-state index in [0.29, 0.717) is 0 Å². The number of benzene rings is 1. The highest BCUT2D eigenvalue weighted by Crippen LogP contribution is 2.21. The van der Waals surface area contributed by atoms with Crippen LogP contribution in [-0.4, -0.2) is 18.1 Å². The number of hydrogen-bond acceptors (Lipinski definition) is 2. The topological polar surface area (TPSA) is 38.3 Å². The van der Waals surface area contributed by atoms with Gasteiger partial charge in [-0.15, -0.1) is 0 Å². The van der Waals surface area contributed by atoms with Gasteiger partial charge < -0.3 is 10.1 Å². The Morgan fingerprint density at radius 2 is 1.95 bits per heavy atom. The van der Waals surface area contributed by atoms with E-state index in [0.717, 1.165) is 25.0 Å². The minimum Gasteiger partial charge on any atom is -0.477 e. The summed E-state index contributed by atoms with van der Waals surface area (Å²) in [6.45, 7) is 3.64. The van der Waals surface area contributed by atoms with E-state index in [2.05, 4.69) is 5.32 Å². The summed E-state index contributed by atoms with van der Waals surface area (Å²) in [6.07, 6.45) is 4.79. The van der Waals surface area contributed by atoms with Gasteiger partial charge in [0.1, 0.15) is 5.82 Å². The summed E-state index contributed by atoms with van der Waals surface area (Å²) in [7, 11) is 0. The number of rotatable bonds is 5. The molecule has 0 bridgehead atoms. The van der Waals surface area contributed by atoms with E-state index in [1.165, 1.54) is 6.07 Å². The molecule has 1 aromatic carbocycles. The van der Waals surface area contributed by atoms with Crippen molar-refractivity contribution in [3.8, 4) is 5.75 Å². The highest BCUT2D eigenvalue weighted by molar-refractivity contribution is 5.81. The number of halogens is 2. The van der Waals surface area contributed by atoms with Crippen LogP contribution < -0.4 is 10.1 Å². The van der Waals surface area contributed by atoms with Crippen molar-refractivity contribution >= 4 is 5.91 Å². The third-order valence-electron chi connectivity index (χ3n) is 3.37. The molecule has 1 N–H and O–H groups in total. The molecule has 1 aliphatic rings. The summed E-state index contributed by atoms with van der Waals surface area (Å²) in [4.78, 5) is 12.3. The van der Waals surface area contributed by atoms with Crippen LogP contribution in [0.3, 0.4) is 0 Å². The maximum absolute atomic E-state index is 13.6. The van der Waals surface area contributed by atoms with E-state index in [1.807, 2.05) is 26.0 Å². The molecule has 1 aliphatic carbocycles. The zero-order valence-electron chi connectivity index (χ0n) is 12.1. The van der Waals surface area contributed by atoms with E-state index in [4.69, 9.17) is 4.74 Å². The van der Waals surface area contributed by atoms with E-state index in [1.54, 1.807) is 0 Å². The Morgan fingerprint density at radius 1 is 1.29 bits per heavy atom. The fraction of sp³-hybridized carbons (Fsp3) is 0.438. The van der Waals surface area contributed by atoms with Gasteiger partial charge in [0.05, 0.1) is 0 Å². The Balaban J connectivity index is 2.05. The van der Waals surface area contributed by atoms with E-state index in [9.17, 15) is 13.6 Å². The average Bonchev–Trinajstić information content (AvgIpc) is 2.90. The quantitative estimate of drug-likeness (QED) is 0.847. The summed E-state index contributed by atoms with van der Waals surface area (Å²) >= 11 is 0. The molecule has 0 radical (unpaired) electrons. The second-order valence-electron chi connectivity index (χ2n) is 5.51. The van der Waals surface area contributed by atoms with Gasteiger partial charge in [-0.05, 0) is 30.9 Å². The standard InChI is InChI=1S/C16H19F2NO2/c1-10(2)15(16(20)19-12-5-3-4-6-12)21-14-8-7-11(17)9-13(14)18/h3-4,7-10,12,15H,5-6H2,1-2H3,(H,19,20)/t15-/m1/s1. The van der Waals surface area contributed by atoms with E-state index >= 15 is 0 Å². The lowest BCUT2D eigenvalue weighted by Crippen LogP contribution is -2.45. The maximum atomic E-state index is 13.6. The van der Waals surface area contributed by atoms with Gasteiger partial charge in [-0.25, -0.2) is 8.78 Å². The predicted octanol–water partition coefficient (Wildman–Crippen LogP) is 3.20. The lowest BCUT2D eigenvalue weighted by atomic mass is 10.1. The molecular weight excluding hydrogens is 276 g/mol. The molecule has 2 rings (SSSR count). The molecule has 0 aliphatic heterocycles. The normalized spacial score (nSPS) is 16.2. The van der Waals surface area contributed by atoms with Crippen LogP contribution in [0.1, 0.15) is 26.7 Å². The molecule has 1 amide bonds. The number of amides is 1. The van der Waals surface area contributed by atoms with Crippen LogP contribution in [0.2, 0.25) is 0 Å². The molecule has 1 aromatic rings. The lowest BCUT2D eigenvalue weighted by Gasteiger charge is -2.24. The van der Waals surface area contributed by atoms with Gasteiger partial charge in [0, 0.05) is 12.1 Å². The second kappa shape index (κ2) is 6.70. The molecule has 0 aromatic heterocycles. The van der Waals surface area contributed by atoms with Gasteiger partial charge in [0.15, 0.2) is 17.7 Å². The molecule has 114 valence electrons. The van der Waals surface area contributed by atoms with Crippen LogP contribution in [0.5, 0.6) is 5.75 Å². The molecule has 0 fully saturated rings. The Kier molecular flexibility index (Phi) is 4.94. The van der Waals surface area contributed by atoms with Crippen molar-refractivity contribution in [1.29, 1.82) is 0 Å². The van der Waals surface area contributed by atoms with Crippen LogP contribution >= 0.6 is 0 Å². The van der Waals surface area contributed by atoms with Crippen molar-refractivity contribution in [2.45, 2.75) is 38.8 Å². The molecule has 3 nitrogen and oxygen atoms in total. The highest BCUT2D eigenvalue weighted by Gasteiger charge is 2.27. The summed E-state index contributed by atoms with van der Waals surface area (Å²) < 4.78 is 32.0. The monoisotopic (exact) mass is 295 g/mol. The fourth-order valence-corrected chi connectivity index (χ4v) is 2.22. The first-order valence-corrected chi connectivity index (χ1v) is 7.04. The van der Waals surface area contributed by atoms with Gasteiger partial charge in [0.25, 0.3) is 5.91 Å². The molecule has 0 unspecified atom stereocenters. The summed E-state index contributed by atoms with van der Waals surface area (Å²) in [5.74, 6) is -2.01. The summed E-state index contributed by atoms with van der Waals surface area (Å²) in [6, 6.07) is 3.12. The van der Waals surface area contributed by atoms with Crippen molar-refractivity contribution in [1.82, 2.24) is 5.32 Å². The van der Waals surface area contributed by atoms with Gasteiger partial charge in [0.2, 0.25) is 0 Å². The molecule has 0 heterocycles. The van der Waals surface area contributed by atoms with Gasteiger partial charge >= 0.3 is 0 Å². The molecule has 0 saturated carbocycles. The third kappa shape index (κ3) is 4.03. The van der Waals surface area contributed by atoms with Crippen molar-refractivity contribution in [3.05, 3.63) is 42.0 Å². The highest BCUT2D eigenvalue weighted by atomic mass is 19.1. The largest absolute Gasteiger partial charge is 0.477 e. The number of ether oxygens (including phenoxy) is 1. The number of nitrogens with one attached hydrogen (secondary N) is 1. The molecule has 1 atom stereocenters. The Morgan fingerprint density at radius 3 is 2.52 bits per heavy atom. The first-order valence-electron chi connectivity index (χ1n) is 7.04. The van der Waals surface area contributed by atoms with Crippen LogP contribution in [0.4, 0.5) is 8.78 Å². The molecule has 5 heteroatoms. The predicted molar refractivity (Wildman–Crippen MR) is 75.9 cm³/mol. The Labute approximate surface area is 123 Å². The van der Waals surface area contributed by atoms with Crippen LogP contribution in [-0.2, 0) is 4.79 Å². The number of hydrogen-bond donors (Lipinski definition) is 1. The molecular formula is C16H19F2NO2. The Hall–Kier alpha value is -1.91. The first-order chi connectivity index (χ1) is 9.97. The minimum absolute atomic E-state index is 0.0698. The summed E-state index contributed by atoms with van der Waals surface area (Å²) in [5.41, 5.74) is 0. The van der Waals surface area contributed by atoms with Crippen molar-refractivity contribution in [3.63, 3.8) is 0 Å². The van der Waals surface area contributed by atoms with Crippen LogP contribution in [0, 0.1) is 17.6 Å². The van der Waals surface area contributed by atoms with Crippen molar-refractivity contribution in [2.24, 2.45) is 5.92 Å². The Bertz CT molecular complexity index is 535. The smallest absolute Gasteiger partial charge is 0.261 e. The van der Waals surface area contributed by atoms with Gasteiger partial charge in [-0.1, -0.05) is 26.0 Å². The van der Waals surface area contributed by atoms with E-state index < -0.39 is 17.7 Å². The molecule has 0 saturated heterocycles. The SMILES string of the molecule is CC(C)[C@@H](Oc1ccc(F)cc1F)C(=O)NC1CC=CC1. The zero-order chi connectivity index (χ0) is 15.4. The van der Waals surface area contributed by atoms with Gasteiger partial charge in [-0.3, -0.25) is 4.79 Å². The maximum Gasteiger partial charge on any atom is 0.261 e. The van der Waals surface area contributed by atoms with E-state index in [-0.39, 0.29) is 23.6 Å². The van der Waals surface area contributed by atoms with Gasteiger partial charge in [-0.2, -0.15) is 0 Å². The fourth-order valence-electron chi connectivity index (χ4n) is 2.22. The first kappa shape index (κ1) is 15.5. The number of carbonyl (C=O) groups is 1. The third-order valence-corrected chi connectivity index (χ3v) is 3.37. The lowest BCUT2D eigenvalue weighted by molar-refractivity contribution is -0.130. The van der Waals surface area contributed by atoms with Crippen LogP contribution in [0.25, 0.3) is 0 Å². The minimum atomic E-state index is -0.814.